The molecule has 1 atom stereocenters. The highest BCUT2D eigenvalue weighted by Gasteiger charge is 2.50. The second kappa shape index (κ2) is 4.41. The van der Waals surface area contributed by atoms with Gasteiger partial charge in [-0.25, -0.2) is 4.79 Å². The van der Waals surface area contributed by atoms with Crippen molar-refractivity contribution in [2.45, 2.75) is 38.1 Å². The first kappa shape index (κ1) is 11.4. The van der Waals surface area contributed by atoms with E-state index in [1.807, 2.05) is 6.92 Å². The van der Waals surface area contributed by atoms with Crippen LogP contribution in [0.1, 0.15) is 32.6 Å². The van der Waals surface area contributed by atoms with E-state index < -0.39 is 5.54 Å². The molecular weight excluding hydrogens is 206 g/mol. The highest BCUT2D eigenvalue weighted by molar-refractivity contribution is 6.07. The van der Waals surface area contributed by atoms with Crippen LogP contribution in [0.3, 0.4) is 0 Å². The van der Waals surface area contributed by atoms with Crippen LogP contribution in [0, 0.1) is 5.92 Å². The summed E-state index contributed by atoms with van der Waals surface area (Å²) in [5.74, 6) is 0.131. The maximum absolute atomic E-state index is 12.0. The molecule has 5 heteroatoms. The van der Waals surface area contributed by atoms with Crippen LogP contribution in [0.5, 0.6) is 0 Å². The highest BCUT2D eigenvalue weighted by Crippen LogP contribution is 2.32. The second-order valence-electron chi connectivity index (χ2n) is 4.65. The Bertz CT molecular complexity index is 300. The van der Waals surface area contributed by atoms with Gasteiger partial charge in [0.05, 0.1) is 0 Å². The smallest absolute Gasteiger partial charge is 0.322 e. The number of amides is 3. The van der Waals surface area contributed by atoms with Gasteiger partial charge in [0.25, 0.3) is 5.91 Å². The summed E-state index contributed by atoms with van der Waals surface area (Å²) in [4.78, 5) is 23.3. The van der Waals surface area contributed by atoms with Crippen molar-refractivity contribution in [3.8, 4) is 0 Å². The third-order valence-electron chi connectivity index (χ3n) is 3.65. The van der Waals surface area contributed by atoms with E-state index in [0.29, 0.717) is 0 Å². The fourth-order valence-electron chi connectivity index (χ4n) is 2.88. The molecule has 0 aromatic rings. The maximum Gasteiger partial charge on any atom is 0.322 e. The van der Waals surface area contributed by atoms with Gasteiger partial charge in [0, 0.05) is 0 Å². The molecule has 90 valence electrons. The summed E-state index contributed by atoms with van der Waals surface area (Å²) in [5.41, 5.74) is -0.645. The molecule has 16 heavy (non-hydrogen) atoms. The Labute approximate surface area is 95.3 Å². The summed E-state index contributed by atoms with van der Waals surface area (Å²) in [6.45, 7) is 3.90. The number of hydrogen-bond acceptors (Lipinski definition) is 3. The van der Waals surface area contributed by atoms with Crippen LogP contribution in [-0.4, -0.2) is 30.6 Å². The number of urea groups is 1. The fourth-order valence-corrected chi connectivity index (χ4v) is 2.88. The van der Waals surface area contributed by atoms with Crippen LogP contribution in [0.25, 0.3) is 0 Å². The molecule has 0 aromatic heterocycles. The average Bonchev–Trinajstić information content (AvgIpc) is 2.57. The Balaban J connectivity index is 2.20. The van der Waals surface area contributed by atoms with Crippen LogP contribution >= 0.6 is 0 Å². The molecule has 3 amide bonds. The lowest BCUT2D eigenvalue weighted by Crippen LogP contribution is -2.55. The number of carbonyl (C=O) groups is 2. The fraction of sp³-hybridized carbons (Fsp3) is 0.818. The van der Waals surface area contributed by atoms with E-state index in [4.69, 9.17) is 0 Å². The van der Waals surface area contributed by atoms with Gasteiger partial charge in [0.15, 0.2) is 0 Å². The number of hydrogen-bond donors (Lipinski definition) is 3. The molecule has 0 aromatic carbocycles. The third-order valence-corrected chi connectivity index (χ3v) is 3.65. The number of rotatable bonds is 3. The molecule has 0 radical (unpaired) electrons. The molecule has 2 rings (SSSR count). The van der Waals surface area contributed by atoms with Gasteiger partial charge < -0.3 is 10.6 Å². The molecular formula is C11H19N3O2. The monoisotopic (exact) mass is 225 g/mol. The number of imide groups is 1. The van der Waals surface area contributed by atoms with Crippen molar-refractivity contribution in [3.05, 3.63) is 0 Å². The summed E-state index contributed by atoms with van der Waals surface area (Å²) in [7, 11) is 0. The van der Waals surface area contributed by atoms with Gasteiger partial charge in [-0.1, -0.05) is 13.3 Å². The van der Waals surface area contributed by atoms with E-state index >= 15 is 0 Å². The minimum Gasteiger partial charge on any atom is -0.323 e. The average molecular weight is 225 g/mol. The lowest BCUT2D eigenvalue weighted by atomic mass is 9.75. The van der Waals surface area contributed by atoms with Crippen LogP contribution in [0.2, 0.25) is 0 Å². The third kappa shape index (κ3) is 1.80. The van der Waals surface area contributed by atoms with Gasteiger partial charge in [-0.05, 0) is 38.3 Å². The van der Waals surface area contributed by atoms with E-state index in [9.17, 15) is 9.59 Å². The SMILES string of the molecule is CCCC1(C2CCNCC2)NC(=O)NC1=O. The largest absolute Gasteiger partial charge is 0.323 e. The van der Waals surface area contributed by atoms with Gasteiger partial charge in [-0.2, -0.15) is 0 Å². The lowest BCUT2D eigenvalue weighted by molar-refractivity contribution is -0.126. The van der Waals surface area contributed by atoms with Crippen molar-refractivity contribution >= 4 is 11.9 Å². The van der Waals surface area contributed by atoms with Crippen molar-refractivity contribution in [1.29, 1.82) is 0 Å². The molecule has 2 saturated heterocycles. The lowest BCUT2D eigenvalue weighted by Gasteiger charge is -2.37. The summed E-state index contributed by atoms with van der Waals surface area (Å²) >= 11 is 0. The summed E-state index contributed by atoms with van der Waals surface area (Å²) in [5, 5.41) is 8.52. The molecule has 2 heterocycles. The molecule has 5 nitrogen and oxygen atoms in total. The number of piperidine rings is 1. The maximum atomic E-state index is 12.0. The van der Waals surface area contributed by atoms with Gasteiger partial charge in [-0.3, -0.25) is 10.1 Å². The zero-order chi connectivity index (χ0) is 11.6. The van der Waals surface area contributed by atoms with Crippen molar-refractivity contribution < 1.29 is 9.59 Å². The predicted octanol–water partition coefficient (Wildman–Crippen LogP) is 0.364. The predicted molar refractivity (Wildman–Crippen MR) is 59.9 cm³/mol. The zero-order valence-corrected chi connectivity index (χ0v) is 9.64. The Hall–Kier alpha value is -1.10. The molecule has 0 bridgehead atoms. The molecule has 2 aliphatic heterocycles. The normalized spacial score (nSPS) is 31.3. The summed E-state index contributed by atoms with van der Waals surface area (Å²) in [6, 6.07) is -0.336. The quantitative estimate of drug-likeness (QED) is 0.608. The number of carbonyl (C=O) groups excluding carboxylic acids is 2. The first-order valence-corrected chi connectivity index (χ1v) is 6.03. The Morgan fingerprint density at radius 3 is 2.50 bits per heavy atom. The first-order chi connectivity index (χ1) is 7.69. The van der Waals surface area contributed by atoms with Crippen molar-refractivity contribution in [3.63, 3.8) is 0 Å². The molecule has 2 aliphatic rings. The Morgan fingerprint density at radius 2 is 2.00 bits per heavy atom. The minimum absolute atomic E-state index is 0.133. The van der Waals surface area contributed by atoms with Crippen molar-refractivity contribution in [2.24, 2.45) is 5.92 Å². The van der Waals surface area contributed by atoms with E-state index in [0.717, 1.165) is 38.8 Å². The Kier molecular flexibility index (Phi) is 3.14. The molecule has 3 N–H and O–H groups in total. The second-order valence-corrected chi connectivity index (χ2v) is 4.65. The van der Waals surface area contributed by atoms with Crippen molar-refractivity contribution in [2.75, 3.05) is 13.1 Å². The standard InChI is InChI=1S/C11H19N3O2/c1-2-5-11(8-3-6-12-7-4-8)9(15)13-10(16)14-11/h8,12H,2-7H2,1H3,(H2,13,14,15,16). The summed E-state index contributed by atoms with van der Waals surface area (Å²) in [6.07, 6.45) is 3.54. The van der Waals surface area contributed by atoms with Gasteiger partial charge in [0.1, 0.15) is 5.54 Å². The molecule has 1 unspecified atom stereocenters. The molecule has 0 aliphatic carbocycles. The van der Waals surface area contributed by atoms with Gasteiger partial charge >= 0.3 is 6.03 Å². The van der Waals surface area contributed by atoms with Gasteiger partial charge in [-0.15, -0.1) is 0 Å². The summed E-state index contributed by atoms with van der Waals surface area (Å²) < 4.78 is 0. The van der Waals surface area contributed by atoms with Crippen LogP contribution in [0.4, 0.5) is 4.79 Å². The van der Waals surface area contributed by atoms with Crippen LogP contribution in [-0.2, 0) is 4.79 Å². The Morgan fingerprint density at radius 1 is 1.31 bits per heavy atom. The van der Waals surface area contributed by atoms with E-state index in [-0.39, 0.29) is 17.9 Å². The first-order valence-electron chi connectivity index (χ1n) is 6.03. The highest BCUT2D eigenvalue weighted by atomic mass is 16.2. The minimum atomic E-state index is -0.645. The molecule has 0 spiro atoms. The van der Waals surface area contributed by atoms with Crippen LogP contribution < -0.4 is 16.0 Å². The molecule has 2 fully saturated rings. The van der Waals surface area contributed by atoms with E-state index in [1.165, 1.54) is 0 Å². The number of nitrogens with one attached hydrogen (secondary N) is 3. The van der Waals surface area contributed by atoms with Gasteiger partial charge in [0.2, 0.25) is 0 Å². The topological polar surface area (TPSA) is 70.2 Å². The van der Waals surface area contributed by atoms with E-state index in [2.05, 4.69) is 16.0 Å². The molecule has 0 saturated carbocycles. The zero-order valence-electron chi connectivity index (χ0n) is 9.64. The van der Waals surface area contributed by atoms with Crippen LogP contribution in [0.15, 0.2) is 0 Å². The van der Waals surface area contributed by atoms with E-state index in [1.54, 1.807) is 0 Å². The van der Waals surface area contributed by atoms with Crippen molar-refractivity contribution in [1.82, 2.24) is 16.0 Å².